The molecule has 0 radical (unpaired) electrons. The number of carbonyl (C=O) groups is 1. The molecule has 1 fully saturated rings. The van der Waals surface area contributed by atoms with E-state index >= 15 is 0 Å². The first-order chi connectivity index (χ1) is 10.0. The molecule has 5 nitrogen and oxygen atoms in total. The minimum absolute atomic E-state index is 0.154. The van der Waals surface area contributed by atoms with Gasteiger partial charge in [0.1, 0.15) is 5.82 Å². The Morgan fingerprint density at radius 1 is 1.33 bits per heavy atom. The second-order valence-electron chi connectivity index (χ2n) is 6.12. The standard InChI is InChI=1S/C16H25N3O2/c1-19(2)14-11-13(7-10-17-14)15(20)18-12-16(21)8-5-3-4-6-9-16/h7,10-11,21H,3-6,8-9,12H2,1-2H3,(H,18,20). The molecule has 1 aliphatic rings. The van der Waals surface area contributed by atoms with E-state index in [9.17, 15) is 9.90 Å². The predicted octanol–water partition coefficient (Wildman–Crippen LogP) is 1.96. The summed E-state index contributed by atoms with van der Waals surface area (Å²) in [5.41, 5.74) is -0.172. The van der Waals surface area contributed by atoms with E-state index in [-0.39, 0.29) is 5.91 Å². The highest BCUT2D eigenvalue weighted by molar-refractivity contribution is 5.94. The topological polar surface area (TPSA) is 65.5 Å². The number of hydrogen-bond donors (Lipinski definition) is 2. The smallest absolute Gasteiger partial charge is 0.251 e. The van der Waals surface area contributed by atoms with Gasteiger partial charge in [-0.15, -0.1) is 0 Å². The van der Waals surface area contributed by atoms with E-state index in [0.29, 0.717) is 12.1 Å². The summed E-state index contributed by atoms with van der Waals surface area (Å²) in [5.74, 6) is 0.592. The normalized spacial score (nSPS) is 17.9. The maximum absolute atomic E-state index is 12.2. The minimum atomic E-state index is -0.746. The number of nitrogens with zero attached hydrogens (tertiary/aromatic N) is 2. The fraction of sp³-hybridized carbons (Fsp3) is 0.625. The van der Waals surface area contributed by atoms with Crippen LogP contribution in [0.15, 0.2) is 18.3 Å². The van der Waals surface area contributed by atoms with Crippen molar-refractivity contribution in [3.63, 3.8) is 0 Å². The molecule has 116 valence electrons. The minimum Gasteiger partial charge on any atom is -0.388 e. The van der Waals surface area contributed by atoms with Crippen molar-refractivity contribution in [2.24, 2.45) is 0 Å². The summed E-state index contributed by atoms with van der Waals surface area (Å²) in [7, 11) is 3.77. The Labute approximate surface area is 126 Å². The van der Waals surface area contributed by atoms with Crippen LogP contribution in [0, 0.1) is 0 Å². The third-order valence-corrected chi connectivity index (χ3v) is 4.08. The molecule has 1 aliphatic carbocycles. The molecule has 0 spiro atoms. The number of aliphatic hydroxyl groups is 1. The zero-order valence-electron chi connectivity index (χ0n) is 12.9. The molecule has 1 heterocycles. The fourth-order valence-electron chi connectivity index (χ4n) is 2.71. The quantitative estimate of drug-likeness (QED) is 0.832. The average Bonchev–Trinajstić information content (AvgIpc) is 2.70. The highest BCUT2D eigenvalue weighted by Gasteiger charge is 2.28. The molecule has 0 aliphatic heterocycles. The van der Waals surface area contributed by atoms with Crippen LogP contribution in [0.5, 0.6) is 0 Å². The molecular weight excluding hydrogens is 266 g/mol. The number of rotatable bonds is 4. The summed E-state index contributed by atoms with van der Waals surface area (Å²) in [4.78, 5) is 18.3. The molecule has 5 heteroatoms. The third kappa shape index (κ3) is 4.43. The Morgan fingerprint density at radius 3 is 2.62 bits per heavy atom. The molecule has 0 aromatic carbocycles. The molecule has 1 aromatic heterocycles. The van der Waals surface area contributed by atoms with Gasteiger partial charge in [0, 0.05) is 32.4 Å². The number of amides is 1. The van der Waals surface area contributed by atoms with Gasteiger partial charge in [0.15, 0.2) is 0 Å². The monoisotopic (exact) mass is 291 g/mol. The van der Waals surface area contributed by atoms with Gasteiger partial charge < -0.3 is 15.3 Å². The highest BCUT2D eigenvalue weighted by atomic mass is 16.3. The molecule has 1 amide bonds. The maximum atomic E-state index is 12.2. The second kappa shape index (κ2) is 6.89. The Bertz CT molecular complexity index is 480. The summed E-state index contributed by atoms with van der Waals surface area (Å²) in [6, 6.07) is 3.45. The largest absolute Gasteiger partial charge is 0.388 e. The molecule has 0 saturated heterocycles. The summed E-state index contributed by atoms with van der Waals surface area (Å²) in [6.45, 7) is 0.325. The molecule has 1 aromatic rings. The lowest BCUT2D eigenvalue weighted by molar-refractivity contribution is 0.0246. The van der Waals surface area contributed by atoms with Crippen molar-refractivity contribution in [3.8, 4) is 0 Å². The molecule has 1 saturated carbocycles. The van der Waals surface area contributed by atoms with Gasteiger partial charge in [0.25, 0.3) is 5.91 Å². The first kappa shape index (κ1) is 15.8. The summed E-state index contributed by atoms with van der Waals surface area (Å²) in [5, 5.41) is 13.4. The number of aromatic nitrogens is 1. The summed E-state index contributed by atoms with van der Waals surface area (Å²) < 4.78 is 0. The van der Waals surface area contributed by atoms with E-state index in [0.717, 1.165) is 31.5 Å². The Hall–Kier alpha value is -1.62. The molecular formula is C16H25N3O2. The van der Waals surface area contributed by atoms with Gasteiger partial charge >= 0.3 is 0 Å². The number of carbonyl (C=O) groups excluding carboxylic acids is 1. The number of hydrogen-bond acceptors (Lipinski definition) is 4. The molecule has 2 N–H and O–H groups in total. The van der Waals surface area contributed by atoms with Crippen molar-refractivity contribution in [1.82, 2.24) is 10.3 Å². The van der Waals surface area contributed by atoms with Crippen molar-refractivity contribution in [1.29, 1.82) is 0 Å². The number of nitrogens with one attached hydrogen (secondary N) is 1. The van der Waals surface area contributed by atoms with Crippen molar-refractivity contribution in [2.45, 2.75) is 44.1 Å². The Morgan fingerprint density at radius 2 is 2.00 bits per heavy atom. The van der Waals surface area contributed by atoms with Gasteiger partial charge in [0.2, 0.25) is 0 Å². The van der Waals surface area contributed by atoms with Gasteiger partial charge in [-0.05, 0) is 25.0 Å². The fourth-order valence-corrected chi connectivity index (χ4v) is 2.71. The van der Waals surface area contributed by atoms with Gasteiger partial charge in [-0.2, -0.15) is 0 Å². The van der Waals surface area contributed by atoms with Crippen LogP contribution >= 0.6 is 0 Å². The first-order valence-electron chi connectivity index (χ1n) is 7.64. The van der Waals surface area contributed by atoms with Crippen LogP contribution in [0.2, 0.25) is 0 Å². The van der Waals surface area contributed by atoms with Crippen LogP contribution in [0.1, 0.15) is 48.9 Å². The SMILES string of the molecule is CN(C)c1cc(C(=O)NCC2(O)CCCCCC2)ccn1. The van der Waals surface area contributed by atoms with E-state index < -0.39 is 5.60 Å². The summed E-state index contributed by atoms with van der Waals surface area (Å²) >= 11 is 0. The van der Waals surface area contributed by atoms with Gasteiger partial charge in [-0.25, -0.2) is 4.98 Å². The van der Waals surface area contributed by atoms with Crippen LogP contribution in [0.4, 0.5) is 5.82 Å². The Balaban J connectivity index is 1.96. The van der Waals surface area contributed by atoms with E-state index in [1.165, 1.54) is 12.8 Å². The predicted molar refractivity (Wildman–Crippen MR) is 83.5 cm³/mol. The second-order valence-corrected chi connectivity index (χ2v) is 6.12. The zero-order chi connectivity index (χ0) is 15.3. The van der Waals surface area contributed by atoms with Crippen LogP contribution in [0.25, 0.3) is 0 Å². The highest BCUT2D eigenvalue weighted by Crippen LogP contribution is 2.26. The van der Waals surface area contributed by atoms with Crippen molar-refractivity contribution in [3.05, 3.63) is 23.9 Å². The van der Waals surface area contributed by atoms with Crippen molar-refractivity contribution < 1.29 is 9.90 Å². The zero-order valence-corrected chi connectivity index (χ0v) is 12.9. The number of anilines is 1. The van der Waals surface area contributed by atoms with Gasteiger partial charge in [-0.3, -0.25) is 4.79 Å². The third-order valence-electron chi connectivity index (χ3n) is 4.08. The van der Waals surface area contributed by atoms with Gasteiger partial charge in [-0.1, -0.05) is 25.7 Å². The van der Waals surface area contributed by atoms with E-state index in [2.05, 4.69) is 10.3 Å². The molecule has 0 atom stereocenters. The van der Waals surface area contributed by atoms with Gasteiger partial charge in [0.05, 0.1) is 5.60 Å². The van der Waals surface area contributed by atoms with Crippen LogP contribution < -0.4 is 10.2 Å². The lowest BCUT2D eigenvalue weighted by atomic mass is 9.94. The Kier molecular flexibility index (Phi) is 5.17. The molecule has 2 rings (SSSR count). The van der Waals surface area contributed by atoms with Crippen LogP contribution in [-0.4, -0.2) is 42.2 Å². The van der Waals surface area contributed by atoms with E-state index in [1.807, 2.05) is 19.0 Å². The van der Waals surface area contributed by atoms with Crippen LogP contribution in [-0.2, 0) is 0 Å². The lowest BCUT2D eigenvalue weighted by Crippen LogP contribution is -2.42. The molecule has 0 unspecified atom stereocenters. The van der Waals surface area contributed by atoms with Crippen molar-refractivity contribution in [2.75, 3.05) is 25.5 Å². The maximum Gasteiger partial charge on any atom is 0.251 e. The van der Waals surface area contributed by atoms with E-state index in [1.54, 1.807) is 18.3 Å². The van der Waals surface area contributed by atoms with E-state index in [4.69, 9.17) is 0 Å². The lowest BCUT2D eigenvalue weighted by Gasteiger charge is -2.26. The van der Waals surface area contributed by atoms with Crippen molar-refractivity contribution >= 4 is 11.7 Å². The molecule has 21 heavy (non-hydrogen) atoms. The average molecular weight is 291 g/mol. The summed E-state index contributed by atoms with van der Waals surface area (Å²) in [6.07, 6.45) is 7.59. The van der Waals surface area contributed by atoms with Crippen LogP contribution in [0.3, 0.4) is 0 Å². The molecule has 0 bridgehead atoms. The first-order valence-corrected chi connectivity index (χ1v) is 7.64. The number of pyridine rings is 1.